The summed E-state index contributed by atoms with van der Waals surface area (Å²) in [5.74, 6) is -0.506. The summed E-state index contributed by atoms with van der Waals surface area (Å²) in [4.78, 5) is 26.0. The van der Waals surface area contributed by atoms with E-state index in [-0.39, 0.29) is 30.3 Å². The molecule has 0 aliphatic heterocycles. The van der Waals surface area contributed by atoms with Crippen LogP contribution in [0, 0.1) is 5.92 Å². The molecule has 1 fully saturated rings. The molecular weight excluding hydrogens is 386 g/mol. The highest BCUT2D eigenvalue weighted by Gasteiger charge is 2.56. The van der Waals surface area contributed by atoms with Crippen LogP contribution in [-0.2, 0) is 20.7 Å². The molecule has 1 N–H and O–H groups in total. The fraction of sp³-hybridized carbons (Fsp3) is 0.259. The average Bonchev–Trinajstić information content (AvgIpc) is 3.57. The SMILES string of the molecule is CCOC(=O)[C@H](Cc1ccccc1)NC(=O)C1[C@@H](c2ccccc2)[C@@H]1c1ccccc1. The Bertz CT molecular complexity index is 959. The molecule has 4 nitrogen and oxygen atoms in total. The molecule has 3 aromatic rings. The highest BCUT2D eigenvalue weighted by Crippen LogP contribution is 2.60. The van der Waals surface area contributed by atoms with Gasteiger partial charge in [0.1, 0.15) is 6.04 Å². The van der Waals surface area contributed by atoms with Crippen molar-refractivity contribution in [2.45, 2.75) is 31.2 Å². The topological polar surface area (TPSA) is 55.4 Å². The predicted octanol–water partition coefficient (Wildman–Crippen LogP) is 4.47. The van der Waals surface area contributed by atoms with Gasteiger partial charge in [0.2, 0.25) is 5.91 Å². The Morgan fingerprint density at radius 2 is 1.29 bits per heavy atom. The molecule has 3 atom stereocenters. The van der Waals surface area contributed by atoms with Gasteiger partial charge in [-0.2, -0.15) is 0 Å². The lowest BCUT2D eigenvalue weighted by Gasteiger charge is -2.18. The first-order valence-corrected chi connectivity index (χ1v) is 10.8. The second kappa shape index (κ2) is 9.61. The van der Waals surface area contributed by atoms with Crippen LogP contribution in [0.15, 0.2) is 91.0 Å². The molecule has 1 aliphatic carbocycles. The number of amides is 1. The fourth-order valence-electron chi connectivity index (χ4n) is 4.37. The fourth-order valence-corrected chi connectivity index (χ4v) is 4.37. The van der Waals surface area contributed by atoms with E-state index in [1.807, 2.05) is 66.7 Å². The van der Waals surface area contributed by atoms with Crippen LogP contribution in [0.1, 0.15) is 35.4 Å². The second-order valence-corrected chi connectivity index (χ2v) is 7.90. The molecule has 0 bridgehead atoms. The summed E-state index contributed by atoms with van der Waals surface area (Å²) in [5.41, 5.74) is 3.27. The number of carbonyl (C=O) groups excluding carboxylic acids is 2. The third kappa shape index (κ3) is 4.85. The molecule has 0 spiro atoms. The minimum Gasteiger partial charge on any atom is -0.464 e. The van der Waals surface area contributed by atoms with Crippen LogP contribution >= 0.6 is 0 Å². The zero-order chi connectivity index (χ0) is 21.6. The molecule has 0 radical (unpaired) electrons. The van der Waals surface area contributed by atoms with Gasteiger partial charge in [-0.3, -0.25) is 4.79 Å². The number of esters is 1. The molecule has 3 aromatic carbocycles. The van der Waals surface area contributed by atoms with Gasteiger partial charge in [0.15, 0.2) is 0 Å². The molecule has 4 rings (SSSR count). The zero-order valence-corrected chi connectivity index (χ0v) is 17.6. The highest BCUT2D eigenvalue weighted by atomic mass is 16.5. The van der Waals surface area contributed by atoms with Crippen LogP contribution in [0.4, 0.5) is 0 Å². The van der Waals surface area contributed by atoms with Crippen molar-refractivity contribution in [1.29, 1.82) is 0 Å². The lowest BCUT2D eigenvalue weighted by atomic mass is 10.0. The molecule has 31 heavy (non-hydrogen) atoms. The number of carbonyl (C=O) groups is 2. The van der Waals surface area contributed by atoms with Gasteiger partial charge in [0.25, 0.3) is 0 Å². The number of ether oxygens (including phenoxy) is 1. The summed E-state index contributed by atoms with van der Waals surface area (Å²) in [6, 6.07) is 29.2. The van der Waals surface area contributed by atoms with Gasteiger partial charge in [0.05, 0.1) is 12.5 Å². The van der Waals surface area contributed by atoms with Gasteiger partial charge < -0.3 is 10.1 Å². The van der Waals surface area contributed by atoms with Gasteiger partial charge in [-0.25, -0.2) is 4.79 Å². The number of nitrogens with one attached hydrogen (secondary N) is 1. The maximum Gasteiger partial charge on any atom is 0.328 e. The van der Waals surface area contributed by atoms with Crippen LogP contribution in [0.25, 0.3) is 0 Å². The third-order valence-electron chi connectivity index (χ3n) is 5.86. The summed E-state index contributed by atoms with van der Waals surface area (Å²) < 4.78 is 5.25. The van der Waals surface area contributed by atoms with E-state index in [2.05, 4.69) is 29.6 Å². The summed E-state index contributed by atoms with van der Waals surface area (Å²) in [6.07, 6.45) is 0.407. The summed E-state index contributed by atoms with van der Waals surface area (Å²) in [7, 11) is 0. The van der Waals surface area contributed by atoms with E-state index >= 15 is 0 Å². The van der Waals surface area contributed by atoms with Crippen molar-refractivity contribution in [3.8, 4) is 0 Å². The number of hydrogen-bond donors (Lipinski definition) is 1. The Morgan fingerprint density at radius 1 is 0.806 bits per heavy atom. The highest BCUT2D eigenvalue weighted by molar-refractivity contribution is 5.89. The van der Waals surface area contributed by atoms with E-state index < -0.39 is 12.0 Å². The van der Waals surface area contributed by atoms with Crippen LogP contribution in [0.5, 0.6) is 0 Å². The van der Waals surface area contributed by atoms with E-state index in [1.54, 1.807) is 6.92 Å². The van der Waals surface area contributed by atoms with E-state index in [9.17, 15) is 9.59 Å². The van der Waals surface area contributed by atoms with Gasteiger partial charge >= 0.3 is 5.97 Å². The second-order valence-electron chi connectivity index (χ2n) is 7.90. The maximum atomic E-state index is 13.4. The van der Waals surface area contributed by atoms with Crippen molar-refractivity contribution in [3.63, 3.8) is 0 Å². The van der Waals surface area contributed by atoms with Gasteiger partial charge in [-0.1, -0.05) is 91.0 Å². The molecule has 4 heteroatoms. The Kier molecular flexibility index (Phi) is 6.46. The standard InChI is InChI=1S/C27H27NO3/c1-2-31-27(30)22(18-19-12-6-3-7-13-19)28-26(29)25-23(20-14-8-4-9-15-20)24(25)21-16-10-5-11-17-21/h3-17,22-25H,2,18H2,1H3,(H,28,29)/t22-,23-,24-/m0/s1. The van der Waals surface area contributed by atoms with Crippen molar-refractivity contribution in [1.82, 2.24) is 5.32 Å². The first-order chi connectivity index (χ1) is 15.2. The molecule has 0 aromatic heterocycles. The third-order valence-corrected chi connectivity index (χ3v) is 5.86. The van der Waals surface area contributed by atoms with Gasteiger partial charge in [-0.05, 0) is 23.6 Å². The summed E-state index contributed by atoms with van der Waals surface area (Å²) in [6.45, 7) is 2.06. The summed E-state index contributed by atoms with van der Waals surface area (Å²) >= 11 is 0. The Hall–Kier alpha value is -3.40. The zero-order valence-electron chi connectivity index (χ0n) is 17.6. The number of hydrogen-bond acceptors (Lipinski definition) is 3. The van der Waals surface area contributed by atoms with Gasteiger partial charge in [0, 0.05) is 18.3 Å². The molecule has 1 aliphatic rings. The molecule has 0 unspecified atom stereocenters. The van der Waals surface area contributed by atoms with Gasteiger partial charge in [-0.15, -0.1) is 0 Å². The van der Waals surface area contributed by atoms with Crippen LogP contribution in [-0.4, -0.2) is 24.5 Å². The largest absolute Gasteiger partial charge is 0.464 e. The number of benzene rings is 3. The van der Waals surface area contributed by atoms with Crippen molar-refractivity contribution in [3.05, 3.63) is 108 Å². The molecule has 1 saturated carbocycles. The molecule has 158 valence electrons. The first-order valence-electron chi connectivity index (χ1n) is 10.8. The lowest BCUT2D eigenvalue weighted by molar-refractivity contribution is -0.147. The molecular formula is C27H27NO3. The van der Waals surface area contributed by atoms with E-state index in [0.717, 1.165) is 16.7 Å². The van der Waals surface area contributed by atoms with Crippen molar-refractivity contribution in [2.75, 3.05) is 6.61 Å². The summed E-state index contributed by atoms with van der Waals surface area (Å²) in [5, 5.41) is 3.00. The van der Waals surface area contributed by atoms with Crippen LogP contribution in [0.3, 0.4) is 0 Å². The number of rotatable bonds is 8. The Morgan fingerprint density at radius 3 is 1.77 bits per heavy atom. The normalized spacial score (nSPS) is 20.5. The van der Waals surface area contributed by atoms with Crippen molar-refractivity contribution >= 4 is 11.9 Å². The first kappa shape index (κ1) is 20.9. The van der Waals surface area contributed by atoms with E-state index in [1.165, 1.54) is 0 Å². The minimum absolute atomic E-state index is 0.100. The maximum absolute atomic E-state index is 13.4. The monoisotopic (exact) mass is 413 g/mol. The quantitative estimate of drug-likeness (QED) is 0.554. The van der Waals surface area contributed by atoms with Crippen LogP contribution < -0.4 is 5.32 Å². The Labute approximate surface area is 183 Å². The predicted molar refractivity (Wildman–Crippen MR) is 121 cm³/mol. The average molecular weight is 414 g/mol. The van der Waals surface area contributed by atoms with Crippen molar-refractivity contribution in [2.24, 2.45) is 5.92 Å². The lowest BCUT2D eigenvalue weighted by Crippen LogP contribution is -2.44. The van der Waals surface area contributed by atoms with Crippen LogP contribution in [0.2, 0.25) is 0 Å². The molecule has 0 saturated heterocycles. The van der Waals surface area contributed by atoms with E-state index in [4.69, 9.17) is 4.74 Å². The Balaban J connectivity index is 1.55. The van der Waals surface area contributed by atoms with Crippen molar-refractivity contribution < 1.29 is 14.3 Å². The molecule has 1 amide bonds. The van der Waals surface area contributed by atoms with E-state index in [0.29, 0.717) is 6.42 Å². The molecule has 0 heterocycles. The smallest absolute Gasteiger partial charge is 0.328 e. The minimum atomic E-state index is -0.705.